The van der Waals surface area contributed by atoms with Crippen molar-refractivity contribution >= 4 is 40.6 Å². The number of carbonyl (C=O) groups is 2. The van der Waals surface area contributed by atoms with Crippen LogP contribution in [-0.4, -0.2) is 16.3 Å². The smallest absolute Gasteiger partial charge is 0.266 e. The molecule has 0 bridgehead atoms. The van der Waals surface area contributed by atoms with Gasteiger partial charge in [-0.15, -0.1) is 0 Å². The van der Waals surface area contributed by atoms with Gasteiger partial charge in [0, 0.05) is 21.4 Å². The molecule has 1 N–H and O–H groups in total. The van der Waals surface area contributed by atoms with Crippen LogP contribution in [0.4, 0.5) is 5.69 Å². The molecule has 1 aromatic heterocycles. The molecule has 0 fully saturated rings. The van der Waals surface area contributed by atoms with Crippen LogP contribution in [0.25, 0.3) is 5.69 Å². The lowest BCUT2D eigenvalue weighted by molar-refractivity contribution is 0.101. The van der Waals surface area contributed by atoms with Gasteiger partial charge in [-0.2, -0.15) is 0 Å². The third-order valence-electron chi connectivity index (χ3n) is 4.22. The lowest BCUT2D eigenvalue weighted by atomic mass is 10.1. The van der Waals surface area contributed by atoms with Crippen LogP contribution < -0.4 is 10.9 Å². The summed E-state index contributed by atoms with van der Waals surface area (Å²) in [6.45, 7) is 2.92. The van der Waals surface area contributed by atoms with Gasteiger partial charge in [0.25, 0.3) is 11.5 Å². The van der Waals surface area contributed by atoms with Gasteiger partial charge in [-0.05, 0) is 56.3 Å². The molecule has 0 aliphatic carbocycles. The molecule has 142 valence electrons. The Labute approximate surface area is 171 Å². The minimum absolute atomic E-state index is 0.0816. The maximum absolute atomic E-state index is 12.9. The lowest BCUT2D eigenvalue weighted by Gasteiger charge is -2.16. The zero-order valence-electron chi connectivity index (χ0n) is 15.1. The first kappa shape index (κ1) is 19.9. The van der Waals surface area contributed by atoms with Crippen molar-refractivity contribution in [2.24, 2.45) is 0 Å². The number of pyridine rings is 1. The summed E-state index contributed by atoms with van der Waals surface area (Å²) in [5, 5.41) is 3.65. The Hall–Kier alpha value is -2.89. The standard InChI is InChI=1S/C21H16Cl2N2O3/c1-12-18(20(27)24-16-7-3-5-14(22)9-16)11-19(13(2)26)21(28)25(12)17-8-4-6-15(23)10-17/h3-11H,1-2H3,(H,24,27). The summed E-state index contributed by atoms with van der Waals surface area (Å²) in [7, 11) is 0. The fourth-order valence-corrected chi connectivity index (χ4v) is 3.25. The molecule has 7 heteroatoms. The summed E-state index contributed by atoms with van der Waals surface area (Å²) in [5.74, 6) is -0.893. The minimum Gasteiger partial charge on any atom is -0.322 e. The van der Waals surface area contributed by atoms with Crippen LogP contribution in [0.3, 0.4) is 0 Å². The van der Waals surface area contributed by atoms with E-state index in [4.69, 9.17) is 23.2 Å². The Balaban J connectivity index is 2.17. The zero-order chi connectivity index (χ0) is 20.4. The van der Waals surface area contributed by atoms with Crippen molar-refractivity contribution in [3.8, 4) is 5.69 Å². The first-order chi connectivity index (χ1) is 13.3. The third-order valence-corrected chi connectivity index (χ3v) is 4.69. The number of Topliss-reactive ketones (excluding diaryl/α,β-unsaturated/α-hetero) is 1. The number of benzene rings is 2. The van der Waals surface area contributed by atoms with Gasteiger partial charge in [-0.3, -0.25) is 19.0 Å². The molecule has 0 radical (unpaired) electrons. The number of nitrogens with one attached hydrogen (secondary N) is 1. The molecule has 0 spiro atoms. The fourth-order valence-electron chi connectivity index (χ4n) is 2.88. The quantitative estimate of drug-likeness (QED) is 0.616. The van der Waals surface area contributed by atoms with E-state index in [9.17, 15) is 14.4 Å². The molecule has 3 rings (SSSR count). The lowest BCUT2D eigenvalue weighted by Crippen LogP contribution is -2.29. The Kier molecular flexibility index (Phi) is 5.68. The van der Waals surface area contributed by atoms with Gasteiger partial charge < -0.3 is 5.32 Å². The Morgan fingerprint density at radius 3 is 2.18 bits per heavy atom. The van der Waals surface area contributed by atoms with E-state index in [0.29, 0.717) is 27.1 Å². The molecule has 2 aromatic carbocycles. The Morgan fingerprint density at radius 1 is 0.929 bits per heavy atom. The van der Waals surface area contributed by atoms with Gasteiger partial charge in [0.1, 0.15) is 0 Å². The van der Waals surface area contributed by atoms with Gasteiger partial charge in [0.05, 0.1) is 16.8 Å². The van der Waals surface area contributed by atoms with Crippen molar-refractivity contribution in [3.63, 3.8) is 0 Å². The first-order valence-electron chi connectivity index (χ1n) is 8.38. The van der Waals surface area contributed by atoms with Gasteiger partial charge in [0.15, 0.2) is 5.78 Å². The topological polar surface area (TPSA) is 68.2 Å². The van der Waals surface area contributed by atoms with E-state index in [-0.39, 0.29) is 11.1 Å². The number of anilines is 1. The predicted octanol–water partition coefficient (Wildman–Crippen LogP) is 4.91. The molecule has 0 atom stereocenters. The molecule has 0 aliphatic rings. The van der Waals surface area contributed by atoms with Crippen molar-refractivity contribution in [1.82, 2.24) is 4.57 Å². The van der Waals surface area contributed by atoms with Crippen molar-refractivity contribution < 1.29 is 9.59 Å². The van der Waals surface area contributed by atoms with Gasteiger partial charge in [-0.1, -0.05) is 35.3 Å². The van der Waals surface area contributed by atoms with Crippen molar-refractivity contribution in [3.05, 3.63) is 91.8 Å². The molecule has 0 aliphatic heterocycles. The normalized spacial score (nSPS) is 10.6. The van der Waals surface area contributed by atoms with E-state index < -0.39 is 17.2 Å². The second-order valence-corrected chi connectivity index (χ2v) is 7.07. The minimum atomic E-state index is -0.508. The molecule has 28 heavy (non-hydrogen) atoms. The van der Waals surface area contributed by atoms with Crippen molar-refractivity contribution in [2.45, 2.75) is 13.8 Å². The number of carbonyl (C=O) groups excluding carboxylic acids is 2. The van der Waals surface area contributed by atoms with E-state index in [1.54, 1.807) is 55.5 Å². The average Bonchev–Trinajstić information content (AvgIpc) is 2.61. The largest absolute Gasteiger partial charge is 0.322 e. The number of aromatic nitrogens is 1. The summed E-state index contributed by atoms with van der Waals surface area (Å²) in [6.07, 6.45) is 0. The predicted molar refractivity (Wildman–Crippen MR) is 111 cm³/mol. The van der Waals surface area contributed by atoms with Gasteiger partial charge in [0.2, 0.25) is 0 Å². The highest BCUT2D eigenvalue weighted by Crippen LogP contribution is 2.20. The Morgan fingerprint density at radius 2 is 1.57 bits per heavy atom. The molecule has 0 saturated carbocycles. The van der Waals surface area contributed by atoms with E-state index in [0.717, 1.165) is 0 Å². The molecular formula is C21H16Cl2N2O3. The molecular weight excluding hydrogens is 399 g/mol. The second kappa shape index (κ2) is 8.00. The van der Waals surface area contributed by atoms with E-state index >= 15 is 0 Å². The maximum atomic E-state index is 12.9. The van der Waals surface area contributed by atoms with Crippen LogP contribution in [-0.2, 0) is 0 Å². The van der Waals surface area contributed by atoms with Crippen molar-refractivity contribution in [1.29, 1.82) is 0 Å². The summed E-state index contributed by atoms with van der Waals surface area (Å²) in [5.41, 5.74) is 0.964. The van der Waals surface area contributed by atoms with E-state index in [2.05, 4.69) is 5.32 Å². The highest BCUT2D eigenvalue weighted by Gasteiger charge is 2.20. The first-order valence-corrected chi connectivity index (χ1v) is 9.14. The van der Waals surface area contributed by atoms with Crippen LogP contribution in [0.15, 0.2) is 59.4 Å². The highest BCUT2D eigenvalue weighted by molar-refractivity contribution is 6.31. The van der Waals surface area contributed by atoms with Gasteiger partial charge >= 0.3 is 0 Å². The third kappa shape index (κ3) is 4.01. The van der Waals surface area contributed by atoms with E-state index in [1.807, 2.05) is 0 Å². The summed E-state index contributed by atoms with van der Waals surface area (Å²) in [4.78, 5) is 37.8. The van der Waals surface area contributed by atoms with Crippen LogP contribution in [0.1, 0.15) is 33.3 Å². The number of nitrogens with zero attached hydrogens (tertiary/aromatic N) is 1. The van der Waals surface area contributed by atoms with Crippen LogP contribution in [0, 0.1) is 6.92 Å². The Bertz CT molecular complexity index is 1150. The highest BCUT2D eigenvalue weighted by atomic mass is 35.5. The number of hydrogen-bond donors (Lipinski definition) is 1. The van der Waals surface area contributed by atoms with Crippen LogP contribution in [0.2, 0.25) is 10.0 Å². The van der Waals surface area contributed by atoms with E-state index in [1.165, 1.54) is 17.6 Å². The number of ketones is 1. The number of halogens is 2. The fraction of sp³-hybridized carbons (Fsp3) is 0.0952. The number of amides is 1. The van der Waals surface area contributed by atoms with Crippen LogP contribution >= 0.6 is 23.2 Å². The summed E-state index contributed by atoms with van der Waals surface area (Å²) < 4.78 is 1.31. The van der Waals surface area contributed by atoms with Crippen LogP contribution in [0.5, 0.6) is 0 Å². The molecule has 1 heterocycles. The summed E-state index contributed by atoms with van der Waals surface area (Å²) >= 11 is 12.0. The molecule has 3 aromatic rings. The second-order valence-electron chi connectivity index (χ2n) is 6.20. The SMILES string of the molecule is CC(=O)c1cc(C(=O)Nc2cccc(Cl)c2)c(C)n(-c2cccc(Cl)c2)c1=O. The molecule has 1 amide bonds. The molecule has 0 unspecified atom stereocenters. The maximum Gasteiger partial charge on any atom is 0.266 e. The molecule has 5 nitrogen and oxygen atoms in total. The summed E-state index contributed by atoms with van der Waals surface area (Å²) in [6, 6.07) is 14.7. The zero-order valence-corrected chi connectivity index (χ0v) is 16.6. The molecule has 0 saturated heterocycles. The van der Waals surface area contributed by atoms with Crippen molar-refractivity contribution in [2.75, 3.05) is 5.32 Å². The number of rotatable bonds is 4. The number of hydrogen-bond acceptors (Lipinski definition) is 3. The van der Waals surface area contributed by atoms with Gasteiger partial charge in [-0.25, -0.2) is 0 Å². The monoisotopic (exact) mass is 414 g/mol. The average molecular weight is 415 g/mol.